The summed E-state index contributed by atoms with van der Waals surface area (Å²) < 4.78 is 1.92. The summed E-state index contributed by atoms with van der Waals surface area (Å²) in [6.45, 7) is 4.61. The van der Waals surface area contributed by atoms with Gasteiger partial charge >= 0.3 is 0 Å². The molecule has 2 N–H and O–H groups in total. The number of nitrogens with one attached hydrogen (secondary N) is 2. The second kappa shape index (κ2) is 9.19. The number of hydrogen-bond donors (Lipinski definition) is 2. The molecule has 0 saturated carbocycles. The average Bonchev–Trinajstić information content (AvgIpc) is 3.09. The van der Waals surface area contributed by atoms with Crippen LogP contribution in [0.4, 0.5) is 5.82 Å². The highest BCUT2D eigenvalue weighted by molar-refractivity contribution is 5.92. The number of piperidine rings is 1. The lowest BCUT2D eigenvalue weighted by Crippen LogP contribution is -2.32. The Morgan fingerprint density at radius 2 is 2.00 bits per heavy atom. The molecule has 1 atom stereocenters. The van der Waals surface area contributed by atoms with Gasteiger partial charge in [0.1, 0.15) is 11.5 Å². The minimum Gasteiger partial charge on any atom is -0.357 e. The van der Waals surface area contributed by atoms with E-state index in [1.165, 1.54) is 25.7 Å². The van der Waals surface area contributed by atoms with Crippen molar-refractivity contribution in [3.05, 3.63) is 41.9 Å². The summed E-state index contributed by atoms with van der Waals surface area (Å²) in [7, 11) is 0. The molecule has 7 heteroatoms. The molecule has 28 heavy (non-hydrogen) atoms. The Balaban J connectivity index is 1.30. The quantitative estimate of drug-likeness (QED) is 0.831. The number of anilines is 1. The first-order valence-corrected chi connectivity index (χ1v) is 10.5. The van der Waals surface area contributed by atoms with Gasteiger partial charge in [-0.05, 0) is 49.9 Å². The molecular weight excluding hydrogens is 352 g/mol. The van der Waals surface area contributed by atoms with Gasteiger partial charge in [0.15, 0.2) is 0 Å². The van der Waals surface area contributed by atoms with E-state index in [2.05, 4.69) is 37.7 Å². The van der Waals surface area contributed by atoms with Crippen molar-refractivity contribution in [1.82, 2.24) is 25.4 Å². The van der Waals surface area contributed by atoms with E-state index in [0.29, 0.717) is 18.3 Å². The third kappa shape index (κ3) is 4.70. The van der Waals surface area contributed by atoms with E-state index in [1.807, 2.05) is 17.1 Å². The van der Waals surface area contributed by atoms with E-state index in [0.717, 1.165) is 50.4 Å². The van der Waals surface area contributed by atoms with Crippen LogP contribution in [0.5, 0.6) is 0 Å². The lowest BCUT2D eigenvalue weighted by molar-refractivity contribution is 0.0944. The molecule has 0 aromatic carbocycles. The van der Waals surface area contributed by atoms with E-state index in [-0.39, 0.29) is 5.91 Å². The second-order valence-corrected chi connectivity index (χ2v) is 7.79. The molecule has 1 amide bonds. The monoisotopic (exact) mass is 382 g/mol. The predicted molar refractivity (Wildman–Crippen MR) is 109 cm³/mol. The van der Waals surface area contributed by atoms with E-state index in [9.17, 15) is 4.79 Å². The van der Waals surface area contributed by atoms with Gasteiger partial charge in [-0.1, -0.05) is 18.9 Å². The highest BCUT2D eigenvalue weighted by Gasteiger charge is 2.17. The molecule has 7 nitrogen and oxygen atoms in total. The maximum Gasteiger partial charge on any atom is 0.272 e. The first-order valence-electron chi connectivity index (χ1n) is 10.5. The minimum atomic E-state index is -0.140. The van der Waals surface area contributed by atoms with Crippen LogP contribution >= 0.6 is 0 Å². The van der Waals surface area contributed by atoms with Crippen molar-refractivity contribution < 1.29 is 4.79 Å². The molecular formula is C21H30N6O. The summed E-state index contributed by atoms with van der Waals surface area (Å²) in [6, 6.07) is 6.26. The lowest BCUT2D eigenvalue weighted by Gasteiger charge is -2.22. The molecule has 0 bridgehead atoms. The molecule has 2 aromatic rings. The van der Waals surface area contributed by atoms with Gasteiger partial charge in [-0.15, -0.1) is 0 Å². The van der Waals surface area contributed by atoms with Crippen LogP contribution in [0.1, 0.15) is 60.6 Å². The van der Waals surface area contributed by atoms with E-state index in [1.54, 1.807) is 6.07 Å². The molecule has 0 radical (unpaired) electrons. The van der Waals surface area contributed by atoms with Crippen LogP contribution in [0.25, 0.3) is 0 Å². The Bertz CT molecular complexity index is 757. The standard InChI is InChI=1S/C21H30N6O/c28-21(19-9-13-27(25-19)18-6-5-10-22-16-18)24-15-17-7-8-20(23-14-17)26-11-3-1-2-4-12-26/h7-9,13-14,18,22H,1-6,10-12,15-16H2,(H,24,28). The number of hydrogen-bond acceptors (Lipinski definition) is 5. The van der Waals surface area contributed by atoms with Crippen LogP contribution in [0.15, 0.2) is 30.6 Å². The SMILES string of the molecule is O=C(NCc1ccc(N2CCCCCC2)nc1)c1ccn(C2CCCNC2)n1. The summed E-state index contributed by atoms with van der Waals surface area (Å²) in [5, 5.41) is 10.8. The molecule has 2 aliphatic heterocycles. The predicted octanol–water partition coefficient (Wildman–Crippen LogP) is 2.51. The highest BCUT2D eigenvalue weighted by atomic mass is 16.1. The van der Waals surface area contributed by atoms with Crippen LogP contribution in [-0.4, -0.2) is 46.9 Å². The largest absolute Gasteiger partial charge is 0.357 e. The zero-order valence-electron chi connectivity index (χ0n) is 16.4. The van der Waals surface area contributed by atoms with Gasteiger partial charge in [-0.3, -0.25) is 9.48 Å². The normalized spacial score (nSPS) is 20.6. The van der Waals surface area contributed by atoms with Gasteiger partial charge in [0.05, 0.1) is 6.04 Å². The van der Waals surface area contributed by atoms with Crippen molar-refractivity contribution in [2.45, 2.75) is 51.1 Å². The van der Waals surface area contributed by atoms with Crippen molar-refractivity contribution in [2.24, 2.45) is 0 Å². The fourth-order valence-corrected chi connectivity index (χ4v) is 4.00. The van der Waals surface area contributed by atoms with Gasteiger partial charge in [-0.2, -0.15) is 5.10 Å². The molecule has 2 aliphatic rings. The van der Waals surface area contributed by atoms with E-state index in [4.69, 9.17) is 0 Å². The summed E-state index contributed by atoms with van der Waals surface area (Å²) in [6.07, 6.45) is 11.1. The van der Waals surface area contributed by atoms with Gasteiger partial charge in [0, 0.05) is 38.6 Å². The Morgan fingerprint density at radius 3 is 2.71 bits per heavy atom. The highest BCUT2D eigenvalue weighted by Crippen LogP contribution is 2.18. The molecule has 2 saturated heterocycles. The topological polar surface area (TPSA) is 75.1 Å². The second-order valence-electron chi connectivity index (χ2n) is 7.79. The van der Waals surface area contributed by atoms with E-state index >= 15 is 0 Å². The number of carbonyl (C=O) groups excluding carboxylic acids is 1. The molecule has 4 rings (SSSR count). The molecule has 150 valence electrons. The van der Waals surface area contributed by atoms with Crippen molar-refractivity contribution in [3.8, 4) is 0 Å². The average molecular weight is 383 g/mol. The van der Waals surface area contributed by atoms with Crippen molar-refractivity contribution >= 4 is 11.7 Å². The van der Waals surface area contributed by atoms with Crippen LogP contribution in [0.2, 0.25) is 0 Å². The Kier molecular flexibility index (Phi) is 6.21. The number of carbonyl (C=O) groups is 1. The lowest BCUT2D eigenvalue weighted by atomic mass is 10.1. The Hall–Kier alpha value is -2.41. The zero-order valence-corrected chi connectivity index (χ0v) is 16.4. The van der Waals surface area contributed by atoms with Gasteiger partial charge in [0.2, 0.25) is 0 Å². The first kappa shape index (κ1) is 18.9. The zero-order chi connectivity index (χ0) is 19.2. The first-order chi connectivity index (χ1) is 13.8. The molecule has 2 fully saturated rings. The maximum atomic E-state index is 12.4. The third-order valence-corrected chi connectivity index (χ3v) is 5.68. The summed E-state index contributed by atoms with van der Waals surface area (Å²) in [5.74, 6) is 0.899. The number of rotatable bonds is 5. The molecule has 1 unspecified atom stereocenters. The van der Waals surface area contributed by atoms with E-state index < -0.39 is 0 Å². The van der Waals surface area contributed by atoms with Crippen LogP contribution in [-0.2, 0) is 6.54 Å². The van der Waals surface area contributed by atoms with Gasteiger partial charge in [0.25, 0.3) is 5.91 Å². The molecule has 0 spiro atoms. The smallest absolute Gasteiger partial charge is 0.272 e. The van der Waals surface area contributed by atoms with Crippen LogP contribution in [0.3, 0.4) is 0 Å². The molecule has 2 aromatic heterocycles. The number of nitrogens with zero attached hydrogens (tertiary/aromatic N) is 4. The van der Waals surface area contributed by atoms with Crippen molar-refractivity contribution in [2.75, 3.05) is 31.1 Å². The third-order valence-electron chi connectivity index (χ3n) is 5.68. The minimum absolute atomic E-state index is 0.140. The Labute approximate surface area is 166 Å². The summed E-state index contributed by atoms with van der Waals surface area (Å²) in [5.41, 5.74) is 1.47. The van der Waals surface area contributed by atoms with Crippen molar-refractivity contribution in [1.29, 1.82) is 0 Å². The summed E-state index contributed by atoms with van der Waals surface area (Å²) in [4.78, 5) is 19.4. The molecule has 4 heterocycles. The van der Waals surface area contributed by atoms with Gasteiger partial charge < -0.3 is 15.5 Å². The number of pyridine rings is 1. The summed E-state index contributed by atoms with van der Waals surface area (Å²) >= 11 is 0. The van der Waals surface area contributed by atoms with Gasteiger partial charge in [-0.25, -0.2) is 4.98 Å². The van der Waals surface area contributed by atoms with Crippen molar-refractivity contribution in [3.63, 3.8) is 0 Å². The molecule has 0 aliphatic carbocycles. The Morgan fingerprint density at radius 1 is 1.14 bits per heavy atom. The van der Waals surface area contributed by atoms with Crippen LogP contribution < -0.4 is 15.5 Å². The van der Waals surface area contributed by atoms with Crippen LogP contribution in [0, 0.1) is 0 Å². The number of amides is 1. The fraction of sp³-hybridized carbons (Fsp3) is 0.571. The maximum absolute atomic E-state index is 12.4. The fourth-order valence-electron chi connectivity index (χ4n) is 4.00. The number of aromatic nitrogens is 3.